The summed E-state index contributed by atoms with van der Waals surface area (Å²) in [6.45, 7) is 7.49. The fourth-order valence-corrected chi connectivity index (χ4v) is 2.76. The molecule has 5 nitrogen and oxygen atoms in total. The number of amides is 1. The first-order valence-corrected chi connectivity index (χ1v) is 8.71. The zero-order valence-corrected chi connectivity index (χ0v) is 15.7. The molecule has 0 fully saturated rings. The van der Waals surface area contributed by atoms with Gasteiger partial charge in [0.05, 0.1) is 49.8 Å². The van der Waals surface area contributed by atoms with Gasteiger partial charge in [0, 0.05) is 0 Å². The van der Waals surface area contributed by atoms with E-state index >= 15 is 0 Å². The van der Waals surface area contributed by atoms with Gasteiger partial charge >= 0.3 is 0 Å². The van der Waals surface area contributed by atoms with Crippen LogP contribution in [-0.4, -0.2) is 42.9 Å². The van der Waals surface area contributed by atoms with Crippen molar-refractivity contribution in [2.45, 2.75) is 27.2 Å². The fraction of sp³-hybridized carbons (Fsp3) is 0.474. The SMILES string of the molecule is Cc1c(C(=O)NCC[NH+](C)C)c(CC(C)C)nn1-c1cccc(F)c1. The molecule has 0 saturated heterocycles. The molecule has 0 aliphatic carbocycles. The summed E-state index contributed by atoms with van der Waals surface area (Å²) in [6.07, 6.45) is 0.699. The summed E-state index contributed by atoms with van der Waals surface area (Å²) in [5.41, 5.74) is 2.72. The van der Waals surface area contributed by atoms with Gasteiger partial charge in [-0.25, -0.2) is 9.07 Å². The first-order valence-electron chi connectivity index (χ1n) is 8.71. The molecule has 0 spiro atoms. The minimum atomic E-state index is -0.322. The summed E-state index contributed by atoms with van der Waals surface area (Å²) in [6, 6.07) is 6.26. The summed E-state index contributed by atoms with van der Waals surface area (Å²) in [5.74, 6) is -0.0668. The maximum absolute atomic E-state index is 13.6. The second-order valence-electron chi connectivity index (χ2n) is 7.11. The van der Waals surface area contributed by atoms with Gasteiger partial charge in [0.1, 0.15) is 5.82 Å². The average molecular weight is 347 g/mol. The Kier molecular flexibility index (Phi) is 6.31. The van der Waals surface area contributed by atoms with Crippen LogP contribution < -0.4 is 10.2 Å². The highest BCUT2D eigenvalue weighted by atomic mass is 19.1. The molecule has 1 heterocycles. The van der Waals surface area contributed by atoms with E-state index in [1.165, 1.54) is 17.0 Å². The molecule has 0 aliphatic heterocycles. The third-order valence-electron chi connectivity index (χ3n) is 3.98. The number of aromatic nitrogens is 2. The van der Waals surface area contributed by atoms with Gasteiger partial charge in [0.25, 0.3) is 5.91 Å². The van der Waals surface area contributed by atoms with E-state index < -0.39 is 0 Å². The van der Waals surface area contributed by atoms with Crippen LogP contribution in [0.2, 0.25) is 0 Å². The van der Waals surface area contributed by atoms with Crippen LogP contribution in [0.15, 0.2) is 24.3 Å². The lowest BCUT2D eigenvalue weighted by molar-refractivity contribution is -0.856. The number of quaternary nitrogens is 1. The van der Waals surface area contributed by atoms with Crippen LogP contribution in [0.1, 0.15) is 35.6 Å². The van der Waals surface area contributed by atoms with Crippen LogP contribution in [0.3, 0.4) is 0 Å². The van der Waals surface area contributed by atoms with Gasteiger partial charge in [-0.3, -0.25) is 4.79 Å². The third-order valence-corrected chi connectivity index (χ3v) is 3.98. The predicted molar refractivity (Wildman–Crippen MR) is 96.8 cm³/mol. The van der Waals surface area contributed by atoms with Crippen LogP contribution in [-0.2, 0) is 6.42 Å². The second kappa shape index (κ2) is 8.25. The molecule has 0 atom stereocenters. The smallest absolute Gasteiger partial charge is 0.255 e. The highest BCUT2D eigenvalue weighted by molar-refractivity contribution is 5.96. The van der Waals surface area contributed by atoms with E-state index in [1.54, 1.807) is 16.8 Å². The van der Waals surface area contributed by atoms with Crippen LogP contribution in [0, 0.1) is 18.7 Å². The normalized spacial score (nSPS) is 11.4. The molecule has 0 unspecified atom stereocenters. The Hall–Kier alpha value is -2.21. The van der Waals surface area contributed by atoms with E-state index in [9.17, 15) is 9.18 Å². The van der Waals surface area contributed by atoms with Crippen LogP contribution >= 0.6 is 0 Å². The number of carbonyl (C=O) groups is 1. The van der Waals surface area contributed by atoms with Crippen LogP contribution in [0.25, 0.3) is 5.69 Å². The monoisotopic (exact) mass is 347 g/mol. The van der Waals surface area contributed by atoms with Crippen molar-refractivity contribution in [2.75, 3.05) is 27.2 Å². The summed E-state index contributed by atoms with van der Waals surface area (Å²) < 4.78 is 15.2. The number of hydrogen-bond acceptors (Lipinski definition) is 2. The number of rotatable bonds is 7. The van der Waals surface area contributed by atoms with Crippen molar-refractivity contribution in [1.29, 1.82) is 0 Å². The largest absolute Gasteiger partial charge is 0.346 e. The third kappa shape index (κ3) is 4.89. The van der Waals surface area contributed by atoms with Gasteiger partial charge < -0.3 is 10.2 Å². The van der Waals surface area contributed by atoms with E-state index in [0.29, 0.717) is 30.1 Å². The highest BCUT2D eigenvalue weighted by Crippen LogP contribution is 2.21. The molecule has 2 aromatic rings. The molecule has 0 aliphatic rings. The van der Waals surface area contributed by atoms with Gasteiger partial charge in [0.15, 0.2) is 0 Å². The minimum absolute atomic E-state index is 0.114. The Balaban J connectivity index is 2.37. The second-order valence-corrected chi connectivity index (χ2v) is 7.11. The molecule has 1 aromatic carbocycles. The quantitative estimate of drug-likeness (QED) is 0.795. The van der Waals surface area contributed by atoms with Gasteiger partial charge in [-0.05, 0) is 37.5 Å². The standard InChI is InChI=1S/C19H27FN4O/c1-13(2)11-17-18(19(25)21-9-10-23(4)5)14(3)24(22-17)16-8-6-7-15(20)12-16/h6-8,12-13H,9-11H2,1-5H3,(H,21,25)/p+1. The number of benzene rings is 1. The predicted octanol–water partition coefficient (Wildman–Crippen LogP) is 1.39. The van der Waals surface area contributed by atoms with Gasteiger partial charge in [-0.2, -0.15) is 5.10 Å². The maximum Gasteiger partial charge on any atom is 0.255 e. The van der Waals surface area contributed by atoms with Crippen molar-refractivity contribution in [3.8, 4) is 5.69 Å². The molecule has 1 aromatic heterocycles. The molecule has 1 amide bonds. The van der Waals surface area contributed by atoms with Gasteiger partial charge in [-0.15, -0.1) is 0 Å². The van der Waals surface area contributed by atoms with Crippen molar-refractivity contribution in [1.82, 2.24) is 15.1 Å². The Morgan fingerprint density at radius 2 is 2.08 bits per heavy atom. The van der Waals surface area contributed by atoms with Crippen molar-refractivity contribution in [3.05, 3.63) is 47.0 Å². The molecule has 0 saturated carbocycles. The van der Waals surface area contributed by atoms with Crippen molar-refractivity contribution < 1.29 is 14.1 Å². The first-order chi connectivity index (χ1) is 11.8. The minimum Gasteiger partial charge on any atom is -0.346 e. The Bertz CT molecular complexity index is 737. The summed E-state index contributed by atoms with van der Waals surface area (Å²) in [5, 5.41) is 7.58. The zero-order valence-electron chi connectivity index (χ0n) is 15.7. The summed E-state index contributed by atoms with van der Waals surface area (Å²) >= 11 is 0. The number of hydrogen-bond donors (Lipinski definition) is 2. The topological polar surface area (TPSA) is 51.4 Å². The molecule has 2 N–H and O–H groups in total. The zero-order chi connectivity index (χ0) is 18.6. The Labute approximate surface area is 148 Å². The lowest BCUT2D eigenvalue weighted by Gasteiger charge is -2.10. The Morgan fingerprint density at radius 3 is 2.68 bits per heavy atom. The molecule has 25 heavy (non-hydrogen) atoms. The fourth-order valence-electron chi connectivity index (χ4n) is 2.76. The van der Waals surface area contributed by atoms with Gasteiger partial charge in [0.2, 0.25) is 0 Å². The average Bonchev–Trinajstić information content (AvgIpc) is 2.82. The van der Waals surface area contributed by atoms with Crippen LogP contribution in [0.4, 0.5) is 4.39 Å². The van der Waals surface area contributed by atoms with Crippen molar-refractivity contribution in [2.24, 2.45) is 5.92 Å². The molecule has 0 bridgehead atoms. The molecule has 0 radical (unpaired) electrons. The number of nitrogens with one attached hydrogen (secondary N) is 2. The van der Waals surface area contributed by atoms with Crippen molar-refractivity contribution >= 4 is 5.91 Å². The summed E-state index contributed by atoms with van der Waals surface area (Å²) in [4.78, 5) is 14.0. The lowest BCUT2D eigenvalue weighted by Crippen LogP contribution is -3.06. The molecule has 2 rings (SSSR count). The summed E-state index contributed by atoms with van der Waals surface area (Å²) in [7, 11) is 4.09. The molecular weight excluding hydrogens is 319 g/mol. The number of carbonyl (C=O) groups excluding carboxylic acids is 1. The van der Waals surface area contributed by atoms with E-state index in [1.807, 2.05) is 21.0 Å². The molecule has 136 valence electrons. The Morgan fingerprint density at radius 1 is 1.36 bits per heavy atom. The van der Waals surface area contributed by atoms with Gasteiger partial charge in [-0.1, -0.05) is 19.9 Å². The van der Waals surface area contributed by atoms with E-state index in [0.717, 1.165) is 17.9 Å². The van der Waals surface area contributed by atoms with E-state index in [2.05, 4.69) is 24.3 Å². The van der Waals surface area contributed by atoms with Crippen LogP contribution in [0.5, 0.6) is 0 Å². The lowest BCUT2D eigenvalue weighted by atomic mass is 10.0. The highest BCUT2D eigenvalue weighted by Gasteiger charge is 2.22. The number of halogens is 1. The number of nitrogens with zero attached hydrogens (tertiary/aromatic N) is 2. The molecular formula is C19H28FN4O+. The van der Waals surface area contributed by atoms with Crippen molar-refractivity contribution in [3.63, 3.8) is 0 Å². The first kappa shape index (κ1) is 19.1. The molecule has 6 heteroatoms. The van der Waals surface area contributed by atoms with E-state index in [4.69, 9.17) is 0 Å². The number of likely N-dealkylation sites (N-methyl/N-ethyl adjacent to an activating group) is 1. The maximum atomic E-state index is 13.6. The van der Waals surface area contributed by atoms with E-state index in [-0.39, 0.29) is 11.7 Å².